The number of nitrogens with one attached hydrogen (secondary N) is 2. The van der Waals surface area contributed by atoms with Gasteiger partial charge in [0, 0.05) is 11.0 Å². The Morgan fingerprint density at radius 2 is 0.846 bits per heavy atom. The van der Waals surface area contributed by atoms with Crippen LogP contribution in [0.15, 0.2) is 229 Å². The monoisotopic (exact) mass is 833 g/mol. The summed E-state index contributed by atoms with van der Waals surface area (Å²) in [5, 5.41) is 7.95. The van der Waals surface area contributed by atoms with Gasteiger partial charge in [-0.2, -0.15) is 0 Å². The standard InChI is InChI=1S/C62H47N3/c1-60(2)50-32-16-18-34-52(50)62(53-35-19-17-33-51(53)60)49-31-15-13-28-46(49)56-47(29-20-36-54(56)62)59-64-57(40-21-6-3-7-22-40)63-58(65-59)41-37-38-45-44-27-12-14-30-48(44)61(55(45)39-41,42-23-8-4-9-24-42)43-25-10-5-11-26-43/h3-39,57-58,63H,1-2H3,(H,64,65). The van der Waals surface area contributed by atoms with Gasteiger partial charge in [-0.25, -0.2) is 4.99 Å². The van der Waals surface area contributed by atoms with E-state index in [1.807, 2.05) is 0 Å². The van der Waals surface area contributed by atoms with Crippen molar-refractivity contribution in [2.24, 2.45) is 4.99 Å². The van der Waals surface area contributed by atoms with Gasteiger partial charge in [0.1, 0.15) is 18.2 Å². The fourth-order valence-electron chi connectivity index (χ4n) is 12.4. The van der Waals surface area contributed by atoms with Gasteiger partial charge in [0.15, 0.2) is 0 Å². The third kappa shape index (κ3) is 5.19. The van der Waals surface area contributed by atoms with E-state index in [0.717, 1.165) is 22.5 Å². The van der Waals surface area contributed by atoms with Crippen molar-refractivity contribution in [3.8, 4) is 22.3 Å². The summed E-state index contributed by atoms with van der Waals surface area (Å²) in [4.78, 5) is 5.76. The third-order valence-corrected chi connectivity index (χ3v) is 15.1. The Morgan fingerprint density at radius 3 is 1.48 bits per heavy atom. The normalized spacial score (nSPS) is 18.5. The van der Waals surface area contributed by atoms with Crippen molar-refractivity contribution >= 4 is 5.84 Å². The van der Waals surface area contributed by atoms with Crippen LogP contribution < -0.4 is 10.6 Å². The van der Waals surface area contributed by atoms with Crippen LogP contribution in [0.25, 0.3) is 22.3 Å². The van der Waals surface area contributed by atoms with Gasteiger partial charge in [-0.3, -0.25) is 5.32 Å². The van der Waals surface area contributed by atoms with Crippen LogP contribution in [0.1, 0.15) is 98.5 Å². The van der Waals surface area contributed by atoms with E-state index < -0.39 is 10.8 Å². The van der Waals surface area contributed by atoms with Gasteiger partial charge in [-0.15, -0.1) is 0 Å². The van der Waals surface area contributed by atoms with Gasteiger partial charge in [0.05, 0.1) is 10.8 Å². The highest BCUT2D eigenvalue weighted by atomic mass is 15.3. The molecule has 1 heterocycles. The van der Waals surface area contributed by atoms with Crippen LogP contribution in [-0.4, -0.2) is 5.84 Å². The third-order valence-electron chi connectivity index (χ3n) is 15.1. The average molecular weight is 834 g/mol. The minimum Gasteiger partial charge on any atom is -0.350 e. The Kier molecular flexibility index (Phi) is 8.29. The van der Waals surface area contributed by atoms with Crippen LogP contribution in [0.4, 0.5) is 0 Å². The van der Waals surface area contributed by atoms with Crippen LogP contribution in [0, 0.1) is 0 Å². The molecule has 1 aliphatic heterocycles. The molecule has 310 valence electrons. The summed E-state index contributed by atoms with van der Waals surface area (Å²) in [5.74, 6) is 0.880. The zero-order valence-corrected chi connectivity index (χ0v) is 36.5. The van der Waals surface area contributed by atoms with Crippen molar-refractivity contribution in [2.75, 3.05) is 0 Å². The molecule has 1 spiro atoms. The minimum absolute atomic E-state index is 0.166. The lowest BCUT2D eigenvalue weighted by Crippen LogP contribution is -2.45. The smallest absolute Gasteiger partial charge is 0.132 e. The predicted octanol–water partition coefficient (Wildman–Crippen LogP) is 13.4. The first-order valence-corrected chi connectivity index (χ1v) is 22.9. The Bertz CT molecular complexity index is 3280. The van der Waals surface area contributed by atoms with Gasteiger partial charge >= 0.3 is 0 Å². The molecule has 4 aliphatic rings. The predicted molar refractivity (Wildman–Crippen MR) is 264 cm³/mol. The van der Waals surface area contributed by atoms with Crippen LogP contribution in [0.5, 0.6) is 0 Å². The van der Waals surface area contributed by atoms with Crippen LogP contribution in [-0.2, 0) is 16.2 Å². The summed E-state index contributed by atoms with van der Waals surface area (Å²) >= 11 is 0. The maximum absolute atomic E-state index is 5.76. The number of hydrogen-bond donors (Lipinski definition) is 2. The number of nitrogens with zero attached hydrogens (tertiary/aromatic N) is 1. The molecule has 3 aliphatic carbocycles. The molecule has 65 heavy (non-hydrogen) atoms. The lowest BCUT2D eigenvalue weighted by atomic mass is 9.55. The largest absolute Gasteiger partial charge is 0.350 e. The van der Waals surface area contributed by atoms with Crippen LogP contribution in [0.2, 0.25) is 0 Å². The molecule has 0 bridgehead atoms. The quantitative estimate of drug-likeness (QED) is 0.181. The first-order valence-electron chi connectivity index (χ1n) is 22.9. The van der Waals surface area contributed by atoms with E-state index in [1.165, 1.54) is 77.9 Å². The van der Waals surface area contributed by atoms with Crippen molar-refractivity contribution in [1.82, 2.24) is 10.6 Å². The van der Waals surface area contributed by atoms with E-state index >= 15 is 0 Å². The van der Waals surface area contributed by atoms with Crippen molar-refractivity contribution in [3.05, 3.63) is 297 Å². The first-order chi connectivity index (χ1) is 32.0. The molecule has 0 aromatic heterocycles. The van der Waals surface area contributed by atoms with Gasteiger partial charge < -0.3 is 5.32 Å². The summed E-state index contributed by atoms with van der Waals surface area (Å²) in [6.07, 6.45) is -0.557. The molecular formula is C62H47N3. The van der Waals surface area contributed by atoms with Crippen molar-refractivity contribution in [1.29, 1.82) is 0 Å². The maximum atomic E-state index is 5.76. The fourth-order valence-corrected chi connectivity index (χ4v) is 12.4. The second-order valence-corrected chi connectivity index (χ2v) is 18.6. The summed E-state index contributed by atoms with van der Waals surface area (Å²) in [6.45, 7) is 4.77. The molecule has 0 saturated heterocycles. The van der Waals surface area contributed by atoms with Crippen LogP contribution in [0.3, 0.4) is 0 Å². The van der Waals surface area contributed by atoms with E-state index in [4.69, 9.17) is 4.99 Å². The Morgan fingerprint density at radius 1 is 0.369 bits per heavy atom. The Balaban J connectivity index is 1.04. The van der Waals surface area contributed by atoms with E-state index in [0.29, 0.717) is 0 Å². The van der Waals surface area contributed by atoms with E-state index in [2.05, 4.69) is 249 Å². The minimum atomic E-state index is -0.512. The van der Waals surface area contributed by atoms with Crippen molar-refractivity contribution in [3.63, 3.8) is 0 Å². The van der Waals surface area contributed by atoms with Crippen molar-refractivity contribution in [2.45, 2.75) is 42.4 Å². The van der Waals surface area contributed by atoms with Gasteiger partial charge in [-0.1, -0.05) is 238 Å². The summed E-state index contributed by atoms with van der Waals surface area (Å²) < 4.78 is 0. The van der Waals surface area contributed by atoms with E-state index in [1.54, 1.807) is 0 Å². The maximum Gasteiger partial charge on any atom is 0.132 e. The van der Waals surface area contributed by atoms with Crippen LogP contribution >= 0.6 is 0 Å². The number of hydrogen-bond acceptors (Lipinski definition) is 3. The molecule has 2 N–H and O–H groups in total. The highest BCUT2D eigenvalue weighted by Gasteiger charge is 2.54. The lowest BCUT2D eigenvalue weighted by molar-refractivity contribution is 0.409. The zero-order valence-electron chi connectivity index (χ0n) is 36.5. The molecule has 3 nitrogen and oxygen atoms in total. The first kappa shape index (κ1) is 37.9. The number of fused-ring (bicyclic) bond motifs is 12. The number of benzene rings is 9. The Hall–Kier alpha value is -7.59. The molecule has 2 atom stereocenters. The topological polar surface area (TPSA) is 36.4 Å². The highest BCUT2D eigenvalue weighted by molar-refractivity contribution is 6.08. The molecule has 13 rings (SSSR count). The summed E-state index contributed by atoms with van der Waals surface area (Å²) in [6, 6.07) is 83.3. The number of aliphatic imine (C=N–C) groups is 1. The highest BCUT2D eigenvalue weighted by Crippen LogP contribution is 2.63. The second kappa shape index (κ2) is 14.2. The second-order valence-electron chi connectivity index (χ2n) is 18.6. The fraction of sp³-hybridized carbons (Fsp3) is 0.113. The molecule has 0 radical (unpaired) electrons. The number of amidine groups is 1. The summed E-state index contributed by atoms with van der Waals surface area (Å²) in [7, 11) is 0. The van der Waals surface area contributed by atoms with Gasteiger partial charge in [-0.05, 0) is 89.0 Å². The van der Waals surface area contributed by atoms with Gasteiger partial charge in [0.25, 0.3) is 0 Å². The Labute approximate surface area is 381 Å². The summed E-state index contributed by atoms with van der Waals surface area (Å²) in [5.41, 5.74) is 20.4. The van der Waals surface area contributed by atoms with E-state index in [9.17, 15) is 0 Å². The molecule has 9 aromatic rings. The molecule has 0 amide bonds. The molecular weight excluding hydrogens is 787 g/mol. The molecule has 9 aromatic carbocycles. The molecule has 0 fully saturated rings. The zero-order chi connectivity index (χ0) is 43.3. The van der Waals surface area contributed by atoms with Gasteiger partial charge in [0.2, 0.25) is 0 Å². The van der Waals surface area contributed by atoms with E-state index in [-0.39, 0.29) is 17.7 Å². The number of rotatable bonds is 5. The average Bonchev–Trinajstić information content (AvgIpc) is 3.85. The van der Waals surface area contributed by atoms with Crippen molar-refractivity contribution < 1.29 is 0 Å². The molecule has 0 saturated carbocycles. The molecule has 2 unspecified atom stereocenters. The lowest BCUT2D eigenvalue weighted by Gasteiger charge is -2.46. The molecule has 3 heteroatoms. The SMILES string of the molecule is CC1(C)c2ccccc2C2(c3ccccc3-c3c(C4=NC(c5ccc6c(c5)C(c5ccccc5)(c5ccccc5)c5ccccc5-6)NC(c5ccccc5)N4)cccc32)c2ccccc21.